The second-order valence-corrected chi connectivity index (χ2v) is 5.71. The van der Waals surface area contributed by atoms with Crippen molar-refractivity contribution in [2.24, 2.45) is 0 Å². The molecular formula is C18H17N3O2. The first-order chi connectivity index (χ1) is 11.4. The van der Waals surface area contributed by atoms with Gasteiger partial charge in [-0.1, -0.05) is 30.3 Å². The molecule has 0 aliphatic carbocycles. The summed E-state index contributed by atoms with van der Waals surface area (Å²) in [5.74, 6) is 1.17. The second kappa shape index (κ2) is 5.93. The maximum absolute atomic E-state index is 6.05. The number of nitrogens with zero attached hydrogens (tertiary/aromatic N) is 3. The summed E-state index contributed by atoms with van der Waals surface area (Å²) in [5.41, 5.74) is 1.76. The van der Waals surface area contributed by atoms with Crippen LogP contribution >= 0.6 is 0 Å². The molecule has 2 aromatic heterocycles. The highest BCUT2D eigenvalue weighted by molar-refractivity contribution is 5.50. The summed E-state index contributed by atoms with van der Waals surface area (Å²) in [6.45, 7) is 1.39. The molecule has 23 heavy (non-hydrogen) atoms. The van der Waals surface area contributed by atoms with Gasteiger partial charge in [0.1, 0.15) is 0 Å². The SMILES string of the molecule is c1ccc(C2(c3nnc(-c4cccnc4)o3)CCOCC2)cc1. The Morgan fingerprint density at radius 3 is 2.48 bits per heavy atom. The molecule has 1 fully saturated rings. The Balaban J connectivity index is 1.78. The van der Waals surface area contributed by atoms with E-state index in [4.69, 9.17) is 9.15 Å². The van der Waals surface area contributed by atoms with Gasteiger partial charge in [-0.25, -0.2) is 0 Å². The highest BCUT2D eigenvalue weighted by Crippen LogP contribution is 2.41. The van der Waals surface area contributed by atoms with E-state index in [9.17, 15) is 0 Å². The van der Waals surface area contributed by atoms with Crippen molar-refractivity contribution >= 4 is 0 Å². The molecule has 0 amide bonds. The van der Waals surface area contributed by atoms with Gasteiger partial charge < -0.3 is 9.15 Å². The number of hydrogen-bond donors (Lipinski definition) is 0. The zero-order chi connectivity index (χ0) is 15.5. The van der Waals surface area contributed by atoms with Crippen molar-refractivity contribution in [2.45, 2.75) is 18.3 Å². The van der Waals surface area contributed by atoms with Crippen molar-refractivity contribution in [3.63, 3.8) is 0 Å². The van der Waals surface area contributed by atoms with Crippen LogP contribution in [-0.2, 0) is 10.2 Å². The predicted molar refractivity (Wildman–Crippen MR) is 84.8 cm³/mol. The largest absolute Gasteiger partial charge is 0.420 e. The quantitative estimate of drug-likeness (QED) is 0.743. The molecule has 0 spiro atoms. The van der Waals surface area contributed by atoms with Gasteiger partial charge in [-0.15, -0.1) is 10.2 Å². The minimum atomic E-state index is -0.271. The van der Waals surface area contributed by atoms with Gasteiger partial charge in [0.2, 0.25) is 11.8 Å². The molecule has 5 heteroatoms. The Kier molecular flexibility index (Phi) is 3.63. The van der Waals surface area contributed by atoms with Crippen molar-refractivity contribution in [2.75, 3.05) is 13.2 Å². The lowest BCUT2D eigenvalue weighted by Crippen LogP contribution is -2.35. The van der Waals surface area contributed by atoms with Gasteiger partial charge in [0, 0.05) is 25.6 Å². The van der Waals surface area contributed by atoms with Crippen LogP contribution in [0, 0.1) is 0 Å². The van der Waals surface area contributed by atoms with Gasteiger partial charge in [0.25, 0.3) is 0 Å². The molecule has 1 aliphatic rings. The molecule has 0 radical (unpaired) electrons. The molecule has 1 saturated heterocycles. The fourth-order valence-corrected chi connectivity index (χ4v) is 3.13. The molecular weight excluding hydrogens is 290 g/mol. The van der Waals surface area contributed by atoms with E-state index in [1.165, 1.54) is 5.56 Å². The maximum atomic E-state index is 6.05. The summed E-state index contributed by atoms with van der Waals surface area (Å²) in [7, 11) is 0. The van der Waals surface area contributed by atoms with Crippen molar-refractivity contribution in [3.05, 3.63) is 66.3 Å². The first-order valence-corrected chi connectivity index (χ1v) is 7.76. The number of pyridine rings is 1. The van der Waals surface area contributed by atoms with E-state index in [-0.39, 0.29) is 5.41 Å². The smallest absolute Gasteiger partial charge is 0.249 e. The van der Waals surface area contributed by atoms with E-state index in [1.807, 2.05) is 30.3 Å². The van der Waals surface area contributed by atoms with E-state index < -0.39 is 0 Å². The Labute approximate surface area is 134 Å². The highest BCUT2D eigenvalue weighted by atomic mass is 16.5. The Morgan fingerprint density at radius 1 is 0.913 bits per heavy atom. The third kappa shape index (κ3) is 2.53. The van der Waals surface area contributed by atoms with E-state index in [2.05, 4.69) is 27.3 Å². The minimum Gasteiger partial charge on any atom is -0.420 e. The van der Waals surface area contributed by atoms with Crippen LogP contribution in [0.1, 0.15) is 24.3 Å². The molecule has 0 bridgehead atoms. The van der Waals surface area contributed by atoms with Gasteiger partial charge in [-0.3, -0.25) is 4.98 Å². The molecule has 116 valence electrons. The zero-order valence-electron chi connectivity index (χ0n) is 12.7. The van der Waals surface area contributed by atoms with E-state index in [0.717, 1.165) is 18.4 Å². The molecule has 5 nitrogen and oxygen atoms in total. The molecule has 3 aromatic rings. The molecule has 0 unspecified atom stereocenters. The standard InChI is InChI=1S/C18H17N3O2/c1-2-6-15(7-3-1)18(8-11-22-12-9-18)17-21-20-16(23-17)14-5-4-10-19-13-14/h1-7,10,13H,8-9,11-12H2. The molecule has 0 atom stereocenters. The zero-order valence-corrected chi connectivity index (χ0v) is 12.7. The first kappa shape index (κ1) is 14.1. The van der Waals surface area contributed by atoms with Crippen LogP contribution < -0.4 is 0 Å². The minimum absolute atomic E-state index is 0.271. The summed E-state index contributed by atoms with van der Waals surface area (Å²) >= 11 is 0. The molecule has 0 N–H and O–H groups in total. The second-order valence-electron chi connectivity index (χ2n) is 5.71. The van der Waals surface area contributed by atoms with Crippen molar-refractivity contribution in [1.82, 2.24) is 15.2 Å². The number of aromatic nitrogens is 3. The Hall–Kier alpha value is -2.53. The van der Waals surface area contributed by atoms with Gasteiger partial charge in [0.15, 0.2) is 0 Å². The lowest BCUT2D eigenvalue weighted by atomic mass is 9.74. The van der Waals surface area contributed by atoms with Crippen LogP contribution in [0.4, 0.5) is 0 Å². The van der Waals surface area contributed by atoms with Gasteiger partial charge in [0.05, 0.1) is 11.0 Å². The van der Waals surface area contributed by atoms with Crippen LogP contribution in [0.15, 0.2) is 59.3 Å². The van der Waals surface area contributed by atoms with Crippen molar-refractivity contribution in [3.8, 4) is 11.5 Å². The lowest BCUT2D eigenvalue weighted by Gasteiger charge is -2.34. The third-order valence-electron chi connectivity index (χ3n) is 4.42. The Bertz CT molecular complexity index is 765. The molecule has 4 rings (SSSR count). The van der Waals surface area contributed by atoms with Gasteiger partial charge >= 0.3 is 0 Å². The number of rotatable bonds is 3. The molecule has 1 aliphatic heterocycles. The van der Waals surface area contributed by atoms with E-state index in [0.29, 0.717) is 25.0 Å². The van der Waals surface area contributed by atoms with Crippen molar-refractivity contribution < 1.29 is 9.15 Å². The van der Waals surface area contributed by atoms with Crippen LogP contribution in [0.3, 0.4) is 0 Å². The van der Waals surface area contributed by atoms with Gasteiger partial charge in [-0.05, 0) is 30.5 Å². The number of ether oxygens (including phenoxy) is 1. The number of benzene rings is 1. The van der Waals surface area contributed by atoms with Crippen LogP contribution in [-0.4, -0.2) is 28.4 Å². The summed E-state index contributed by atoms with van der Waals surface area (Å²) in [6, 6.07) is 14.1. The van der Waals surface area contributed by atoms with Crippen LogP contribution in [0.2, 0.25) is 0 Å². The summed E-state index contributed by atoms with van der Waals surface area (Å²) in [6.07, 6.45) is 5.14. The highest BCUT2D eigenvalue weighted by Gasteiger charge is 2.41. The fraction of sp³-hybridized carbons (Fsp3) is 0.278. The Morgan fingerprint density at radius 2 is 1.74 bits per heavy atom. The third-order valence-corrected chi connectivity index (χ3v) is 4.42. The monoisotopic (exact) mass is 307 g/mol. The summed E-state index contributed by atoms with van der Waals surface area (Å²) in [4.78, 5) is 4.11. The van der Waals surface area contributed by atoms with Crippen LogP contribution in [0.5, 0.6) is 0 Å². The maximum Gasteiger partial charge on any atom is 0.249 e. The number of hydrogen-bond acceptors (Lipinski definition) is 5. The predicted octanol–water partition coefficient (Wildman–Crippen LogP) is 3.23. The molecule has 0 saturated carbocycles. The lowest BCUT2D eigenvalue weighted by molar-refractivity contribution is 0.0546. The topological polar surface area (TPSA) is 61.0 Å². The fourth-order valence-electron chi connectivity index (χ4n) is 3.13. The van der Waals surface area contributed by atoms with Crippen LogP contribution in [0.25, 0.3) is 11.5 Å². The summed E-state index contributed by atoms with van der Waals surface area (Å²) < 4.78 is 11.6. The normalized spacial score (nSPS) is 17.0. The average molecular weight is 307 g/mol. The first-order valence-electron chi connectivity index (χ1n) is 7.76. The molecule has 3 heterocycles. The van der Waals surface area contributed by atoms with Crippen molar-refractivity contribution in [1.29, 1.82) is 0 Å². The molecule has 1 aromatic carbocycles. The summed E-state index contributed by atoms with van der Waals surface area (Å²) in [5, 5.41) is 8.60. The van der Waals surface area contributed by atoms with E-state index in [1.54, 1.807) is 12.4 Å². The van der Waals surface area contributed by atoms with Gasteiger partial charge in [-0.2, -0.15) is 0 Å². The average Bonchev–Trinajstić information content (AvgIpc) is 3.14. The van der Waals surface area contributed by atoms with E-state index >= 15 is 0 Å².